The Morgan fingerprint density at radius 2 is 2.04 bits per heavy atom. The topological polar surface area (TPSA) is 61.8 Å². The summed E-state index contributed by atoms with van der Waals surface area (Å²) in [6, 6.07) is 5.16. The van der Waals surface area contributed by atoms with Crippen molar-refractivity contribution in [1.29, 1.82) is 0 Å². The lowest BCUT2D eigenvalue weighted by Gasteiger charge is -2.30. The van der Waals surface area contributed by atoms with Gasteiger partial charge in [0.25, 0.3) is 0 Å². The number of phenolic OH excluding ortho intramolecular Hbond substituents is 1. The van der Waals surface area contributed by atoms with E-state index in [-0.39, 0.29) is 17.9 Å². The van der Waals surface area contributed by atoms with Crippen LogP contribution in [-0.2, 0) is 11.3 Å². The monoisotopic (exact) mass is 342 g/mol. The van der Waals surface area contributed by atoms with Crippen LogP contribution in [0.5, 0.6) is 5.75 Å². The predicted octanol–water partition coefficient (Wildman–Crippen LogP) is 3.78. The number of nitrogens with one attached hydrogen (secondary N) is 1. The standard InChI is InChI=1S/C17H27ClN2O3/c1-12(2)20(16(22)23-17(3,4)5)9-8-19-11-13-6-7-15(21)14(18)10-13/h6-7,10,12,19,21H,8-9,11H2,1-5H3. The summed E-state index contributed by atoms with van der Waals surface area (Å²) < 4.78 is 5.42. The molecule has 23 heavy (non-hydrogen) atoms. The van der Waals surface area contributed by atoms with E-state index in [1.807, 2.05) is 40.7 Å². The third-order valence-electron chi connectivity index (χ3n) is 3.12. The molecule has 0 saturated heterocycles. The first-order valence-electron chi connectivity index (χ1n) is 7.78. The number of phenols is 1. The normalized spacial score (nSPS) is 11.6. The first-order chi connectivity index (χ1) is 10.6. The number of hydrogen-bond donors (Lipinski definition) is 2. The molecule has 1 rings (SSSR count). The molecule has 0 atom stereocenters. The highest BCUT2D eigenvalue weighted by atomic mass is 35.5. The second-order valence-electron chi connectivity index (χ2n) is 6.73. The van der Waals surface area contributed by atoms with E-state index in [0.717, 1.165) is 5.56 Å². The lowest BCUT2D eigenvalue weighted by atomic mass is 10.2. The number of nitrogens with zero attached hydrogens (tertiary/aromatic N) is 1. The summed E-state index contributed by atoms with van der Waals surface area (Å²) in [5.41, 5.74) is 0.474. The maximum Gasteiger partial charge on any atom is 0.410 e. The molecular formula is C17H27ClN2O3. The van der Waals surface area contributed by atoms with Gasteiger partial charge < -0.3 is 20.1 Å². The highest BCUT2D eigenvalue weighted by Crippen LogP contribution is 2.23. The predicted molar refractivity (Wildman–Crippen MR) is 92.9 cm³/mol. The summed E-state index contributed by atoms with van der Waals surface area (Å²) in [7, 11) is 0. The molecule has 0 aliphatic carbocycles. The lowest BCUT2D eigenvalue weighted by molar-refractivity contribution is 0.0193. The fourth-order valence-corrected chi connectivity index (χ4v) is 2.18. The molecule has 0 spiro atoms. The van der Waals surface area contributed by atoms with Crippen LogP contribution in [0, 0.1) is 0 Å². The third-order valence-corrected chi connectivity index (χ3v) is 3.42. The SMILES string of the molecule is CC(C)N(CCNCc1ccc(O)c(Cl)c1)C(=O)OC(C)(C)C. The number of halogens is 1. The van der Waals surface area contributed by atoms with E-state index in [0.29, 0.717) is 24.7 Å². The Morgan fingerprint density at radius 3 is 2.57 bits per heavy atom. The second kappa shape index (κ2) is 8.41. The molecule has 5 nitrogen and oxygen atoms in total. The zero-order chi connectivity index (χ0) is 17.6. The summed E-state index contributed by atoms with van der Waals surface area (Å²) in [5, 5.41) is 13.0. The van der Waals surface area contributed by atoms with E-state index in [1.54, 1.807) is 17.0 Å². The number of carbonyl (C=O) groups is 1. The van der Waals surface area contributed by atoms with Crippen molar-refractivity contribution < 1.29 is 14.6 Å². The quantitative estimate of drug-likeness (QED) is 0.772. The van der Waals surface area contributed by atoms with E-state index in [9.17, 15) is 9.90 Å². The molecule has 1 aromatic rings. The molecule has 6 heteroatoms. The van der Waals surface area contributed by atoms with Crippen molar-refractivity contribution in [2.75, 3.05) is 13.1 Å². The summed E-state index contributed by atoms with van der Waals surface area (Å²) in [5.74, 6) is 0.0753. The van der Waals surface area contributed by atoms with Crippen molar-refractivity contribution in [2.45, 2.75) is 52.8 Å². The summed E-state index contributed by atoms with van der Waals surface area (Å²) in [6.07, 6.45) is -0.304. The smallest absolute Gasteiger partial charge is 0.410 e. The molecule has 1 amide bonds. The van der Waals surface area contributed by atoms with Gasteiger partial charge in [-0.2, -0.15) is 0 Å². The highest BCUT2D eigenvalue weighted by Gasteiger charge is 2.23. The van der Waals surface area contributed by atoms with Crippen LogP contribution in [0.3, 0.4) is 0 Å². The van der Waals surface area contributed by atoms with Gasteiger partial charge in [0.2, 0.25) is 0 Å². The molecule has 2 N–H and O–H groups in total. The van der Waals surface area contributed by atoms with Crippen molar-refractivity contribution in [3.63, 3.8) is 0 Å². The van der Waals surface area contributed by atoms with Gasteiger partial charge >= 0.3 is 6.09 Å². The van der Waals surface area contributed by atoms with Crippen molar-refractivity contribution >= 4 is 17.7 Å². The van der Waals surface area contributed by atoms with E-state index >= 15 is 0 Å². The number of carbonyl (C=O) groups excluding carboxylic acids is 1. The van der Waals surface area contributed by atoms with Crippen molar-refractivity contribution in [3.05, 3.63) is 28.8 Å². The van der Waals surface area contributed by atoms with Crippen LogP contribution in [0.2, 0.25) is 5.02 Å². The van der Waals surface area contributed by atoms with Gasteiger partial charge in [-0.05, 0) is 52.3 Å². The van der Waals surface area contributed by atoms with Gasteiger partial charge in [0.15, 0.2) is 0 Å². The minimum Gasteiger partial charge on any atom is -0.506 e. The van der Waals surface area contributed by atoms with Gasteiger partial charge in [0.1, 0.15) is 11.4 Å². The van der Waals surface area contributed by atoms with Gasteiger partial charge in [-0.25, -0.2) is 4.79 Å². The Kier molecular flexibility index (Phi) is 7.16. The molecule has 130 valence electrons. The average molecular weight is 343 g/mol. The van der Waals surface area contributed by atoms with Gasteiger partial charge in [-0.15, -0.1) is 0 Å². The van der Waals surface area contributed by atoms with Crippen molar-refractivity contribution in [1.82, 2.24) is 10.2 Å². The fraction of sp³-hybridized carbons (Fsp3) is 0.588. The maximum atomic E-state index is 12.2. The number of amides is 1. The van der Waals surface area contributed by atoms with Gasteiger partial charge in [0, 0.05) is 25.7 Å². The zero-order valence-electron chi connectivity index (χ0n) is 14.5. The van der Waals surface area contributed by atoms with Crippen LogP contribution in [-0.4, -0.2) is 40.8 Å². The van der Waals surface area contributed by atoms with E-state index in [2.05, 4.69) is 5.32 Å². The van der Waals surface area contributed by atoms with Crippen molar-refractivity contribution in [2.24, 2.45) is 0 Å². The number of ether oxygens (including phenoxy) is 1. The van der Waals surface area contributed by atoms with E-state index < -0.39 is 5.60 Å². The molecule has 0 unspecified atom stereocenters. The van der Waals surface area contributed by atoms with Crippen LogP contribution in [0.4, 0.5) is 4.79 Å². The lowest BCUT2D eigenvalue weighted by Crippen LogP contribution is -2.44. The molecular weight excluding hydrogens is 316 g/mol. The number of aromatic hydroxyl groups is 1. The Balaban J connectivity index is 2.47. The van der Waals surface area contributed by atoms with Gasteiger partial charge in [0.05, 0.1) is 5.02 Å². The van der Waals surface area contributed by atoms with Gasteiger partial charge in [-0.1, -0.05) is 17.7 Å². The number of rotatable bonds is 6. The van der Waals surface area contributed by atoms with Crippen LogP contribution in [0.1, 0.15) is 40.2 Å². The summed E-state index contributed by atoms with van der Waals surface area (Å²) >= 11 is 5.87. The van der Waals surface area contributed by atoms with Crippen LogP contribution < -0.4 is 5.32 Å². The second-order valence-corrected chi connectivity index (χ2v) is 7.14. The average Bonchev–Trinajstić information content (AvgIpc) is 2.40. The Morgan fingerprint density at radius 1 is 1.39 bits per heavy atom. The third kappa shape index (κ3) is 7.10. The summed E-state index contributed by atoms with van der Waals surface area (Å²) in [4.78, 5) is 13.9. The minimum atomic E-state index is -0.500. The zero-order valence-corrected chi connectivity index (χ0v) is 15.3. The van der Waals surface area contributed by atoms with E-state index in [4.69, 9.17) is 16.3 Å². The maximum absolute atomic E-state index is 12.2. The summed E-state index contributed by atoms with van der Waals surface area (Å²) in [6.45, 7) is 11.3. The van der Waals surface area contributed by atoms with Crippen LogP contribution in [0.15, 0.2) is 18.2 Å². The van der Waals surface area contributed by atoms with Crippen LogP contribution >= 0.6 is 11.6 Å². The molecule has 0 saturated carbocycles. The Labute approximate surface area is 143 Å². The molecule has 0 aliphatic heterocycles. The first kappa shape index (κ1) is 19.6. The molecule has 0 aromatic heterocycles. The van der Waals surface area contributed by atoms with E-state index in [1.165, 1.54) is 0 Å². The first-order valence-corrected chi connectivity index (χ1v) is 8.15. The molecule has 0 aliphatic rings. The minimum absolute atomic E-state index is 0.0646. The molecule has 0 heterocycles. The molecule has 1 aromatic carbocycles. The Bertz CT molecular complexity index is 527. The van der Waals surface area contributed by atoms with Crippen LogP contribution in [0.25, 0.3) is 0 Å². The number of benzene rings is 1. The molecule has 0 bridgehead atoms. The van der Waals surface area contributed by atoms with Crippen molar-refractivity contribution in [3.8, 4) is 5.75 Å². The highest BCUT2D eigenvalue weighted by molar-refractivity contribution is 6.32. The molecule has 0 radical (unpaired) electrons. The Hall–Kier alpha value is -1.46. The number of hydrogen-bond acceptors (Lipinski definition) is 4. The van der Waals surface area contributed by atoms with Gasteiger partial charge in [-0.3, -0.25) is 0 Å². The largest absolute Gasteiger partial charge is 0.506 e. The molecule has 0 fully saturated rings. The fourth-order valence-electron chi connectivity index (χ4n) is 1.97.